The molecular weight excluding hydrogens is 254 g/mol. The average molecular weight is 271 g/mol. The van der Waals surface area contributed by atoms with Crippen molar-refractivity contribution in [2.75, 3.05) is 0 Å². The molecule has 0 N–H and O–H groups in total. The van der Waals surface area contributed by atoms with Crippen molar-refractivity contribution in [3.63, 3.8) is 0 Å². The molecule has 0 aliphatic heterocycles. The van der Waals surface area contributed by atoms with Crippen LogP contribution < -0.4 is 0 Å². The Labute approximate surface area is 124 Å². The van der Waals surface area contributed by atoms with Gasteiger partial charge in [0.1, 0.15) is 0 Å². The van der Waals surface area contributed by atoms with E-state index in [-0.39, 0.29) is 0 Å². The summed E-state index contributed by atoms with van der Waals surface area (Å²) in [6, 6.07) is 17.3. The molecule has 102 valence electrons. The van der Waals surface area contributed by atoms with E-state index < -0.39 is 0 Å². The Balaban J connectivity index is 2.07. The van der Waals surface area contributed by atoms with E-state index in [4.69, 9.17) is 0 Å². The standard InChI is InChI=1S/C20H17N/c1-15-7-6-8-16(14-13-15)21-19-11-4-2-9-17(19)18-10-3-5-12-20(18)21/h2-5,7-14H,6H2,1H3. The first-order valence-corrected chi connectivity index (χ1v) is 7.38. The quantitative estimate of drug-likeness (QED) is 0.547. The van der Waals surface area contributed by atoms with E-state index in [1.807, 2.05) is 0 Å². The van der Waals surface area contributed by atoms with Gasteiger partial charge in [-0.2, -0.15) is 0 Å². The van der Waals surface area contributed by atoms with Crippen LogP contribution in [0.5, 0.6) is 0 Å². The lowest BCUT2D eigenvalue weighted by Crippen LogP contribution is -1.94. The van der Waals surface area contributed by atoms with E-state index in [1.165, 1.54) is 33.1 Å². The Morgan fingerprint density at radius 3 is 2.05 bits per heavy atom. The summed E-state index contributed by atoms with van der Waals surface area (Å²) < 4.78 is 2.37. The minimum Gasteiger partial charge on any atom is -0.310 e. The van der Waals surface area contributed by atoms with E-state index in [0.717, 1.165) is 6.42 Å². The summed E-state index contributed by atoms with van der Waals surface area (Å²) in [4.78, 5) is 0. The second kappa shape index (κ2) is 4.78. The van der Waals surface area contributed by atoms with Crippen LogP contribution in [-0.2, 0) is 0 Å². The summed E-state index contributed by atoms with van der Waals surface area (Å²) in [6.07, 6.45) is 9.96. The number of fused-ring (bicyclic) bond motifs is 3. The molecule has 0 fully saturated rings. The van der Waals surface area contributed by atoms with Gasteiger partial charge in [-0.1, -0.05) is 60.2 Å². The first-order valence-electron chi connectivity index (χ1n) is 7.38. The van der Waals surface area contributed by atoms with Crippen LogP contribution in [0.25, 0.3) is 27.5 Å². The van der Waals surface area contributed by atoms with Crippen molar-refractivity contribution in [3.8, 4) is 0 Å². The van der Waals surface area contributed by atoms with Gasteiger partial charge >= 0.3 is 0 Å². The number of rotatable bonds is 1. The Morgan fingerprint density at radius 2 is 1.38 bits per heavy atom. The van der Waals surface area contributed by atoms with Gasteiger partial charge in [-0.05, 0) is 31.6 Å². The maximum Gasteiger partial charge on any atom is 0.0540 e. The maximum atomic E-state index is 2.37. The number of benzene rings is 2. The number of aromatic nitrogens is 1. The topological polar surface area (TPSA) is 4.93 Å². The van der Waals surface area contributed by atoms with Crippen molar-refractivity contribution < 1.29 is 0 Å². The van der Waals surface area contributed by atoms with Gasteiger partial charge in [-0.25, -0.2) is 0 Å². The minimum atomic E-state index is 0.981. The number of hydrogen-bond acceptors (Lipinski definition) is 0. The molecule has 2 aromatic carbocycles. The largest absolute Gasteiger partial charge is 0.310 e. The molecule has 1 aliphatic rings. The van der Waals surface area contributed by atoms with Crippen molar-refractivity contribution in [1.82, 2.24) is 4.57 Å². The molecule has 0 bridgehead atoms. The predicted molar refractivity (Wildman–Crippen MR) is 91.2 cm³/mol. The summed E-state index contributed by atoms with van der Waals surface area (Å²) in [6.45, 7) is 2.15. The Bertz CT molecular complexity index is 866. The van der Waals surface area contributed by atoms with Crippen LogP contribution in [0, 0.1) is 0 Å². The summed E-state index contributed by atoms with van der Waals surface area (Å²) in [5, 5.41) is 2.63. The van der Waals surface area contributed by atoms with E-state index in [9.17, 15) is 0 Å². The number of allylic oxidation sites excluding steroid dienone is 6. The van der Waals surface area contributed by atoms with Gasteiger partial charge in [0.05, 0.1) is 11.0 Å². The molecular formula is C20H17N. The van der Waals surface area contributed by atoms with Crippen LogP contribution >= 0.6 is 0 Å². The highest BCUT2D eigenvalue weighted by molar-refractivity contribution is 6.10. The molecule has 0 saturated carbocycles. The van der Waals surface area contributed by atoms with Gasteiger partial charge in [0.25, 0.3) is 0 Å². The number of nitrogens with zero attached hydrogens (tertiary/aromatic N) is 1. The van der Waals surface area contributed by atoms with Crippen molar-refractivity contribution in [2.45, 2.75) is 13.3 Å². The zero-order chi connectivity index (χ0) is 14.2. The van der Waals surface area contributed by atoms with Crippen molar-refractivity contribution >= 4 is 27.5 Å². The fraction of sp³-hybridized carbons (Fsp3) is 0.100. The summed E-state index contributed by atoms with van der Waals surface area (Å²) in [5.74, 6) is 0. The molecule has 3 aromatic rings. The molecule has 4 rings (SSSR count). The predicted octanol–water partition coefficient (Wildman–Crippen LogP) is 5.54. The van der Waals surface area contributed by atoms with E-state index in [2.05, 4.69) is 84.3 Å². The van der Waals surface area contributed by atoms with Gasteiger partial charge in [0.15, 0.2) is 0 Å². The van der Waals surface area contributed by atoms with E-state index in [1.54, 1.807) is 0 Å². The van der Waals surface area contributed by atoms with Gasteiger partial charge in [0.2, 0.25) is 0 Å². The molecule has 1 nitrogen and oxygen atoms in total. The van der Waals surface area contributed by atoms with Crippen LogP contribution in [0.15, 0.2) is 78.4 Å². The third-order valence-corrected chi connectivity index (χ3v) is 4.12. The Morgan fingerprint density at radius 1 is 0.762 bits per heavy atom. The van der Waals surface area contributed by atoms with Crippen LogP contribution in [0.4, 0.5) is 0 Å². The molecule has 0 radical (unpaired) electrons. The molecule has 0 spiro atoms. The van der Waals surface area contributed by atoms with Gasteiger partial charge in [-0.3, -0.25) is 0 Å². The molecule has 0 saturated heterocycles. The Hall–Kier alpha value is -2.54. The van der Waals surface area contributed by atoms with Gasteiger partial charge in [0, 0.05) is 16.5 Å². The zero-order valence-electron chi connectivity index (χ0n) is 12.1. The van der Waals surface area contributed by atoms with Crippen LogP contribution in [-0.4, -0.2) is 4.57 Å². The first kappa shape index (κ1) is 12.2. The van der Waals surface area contributed by atoms with Crippen LogP contribution in [0.2, 0.25) is 0 Å². The maximum absolute atomic E-state index is 2.37. The molecule has 21 heavy (non-hydrogen) atoms. The lowest BCUT2D eigenvalue weighted by molar-refractivity contribution is 1.22. The SMILES string of the molecule is CC1=CCC=C(n2c3ccccc3c3ccccc32)C=C1. The van der Waals surface area contributed by atoms with E-state index >= 15 is 0 Å². The van der Waals surface area contributed by atoms with Gasteiger partial charge < -0.3 is 4.57 Å². The first-order chi connectivity index (χ1) is 10.3. The van der Waals surface area contributed by atoms with E-state index in [0.29, 0.717) is 0 Å². The highest BCUT2D eigenvalue weighted by atomic mass is 15.0. The second-order valence-electron chi connectivity index (χ2n) is 5.52. The van der Waals surface area contributed by atoms with Gasteiger partial charge in [-0.15, -0.1) is 0 Å². The normalized spacial score (nSPS) is 15.1. The molecule has 0 amide bonds. The molecule has 0 atom stereocenters. The average Bonchev–Trinajstić information content (AvgIpc) is 2.70. The number of hydrogen-bond donors (Lipinski definition) is 0. The second-order valence-corrected chi connectivity index (χ2v) is 5.52. The third kappa shape index (κ3) is 1.93. The Kier molecular flexibility index (Phi) is 2.78. The minimum absolute atomic E-state index is 0.981. The lowest BCUT2D eigenvalue weighted by atomic mass is 10.2. The van der Waals surface area contributed by atoms with Crippen molar-refractivity contribution in [2.24, 2.45) is 0 Å². The molecule has 0 unspecified atom stereocenters. The fourth-order valence-corrected chi connectivity index (χ4v) is 3.09. The monoisotopic (exact) mass is 271 g/mol. The summed E-state index contributed by atoms with van der Waals surface area (Å²) >= 11 is 0. The molecule has 1 aliphatic carbocycles. The summed E-state index contributed by atoms with van der Waals surface area (Å²) in [7, 11) is 0. The van der Waals surface area contributed by atoms with Crippen molar-refractivity contribution in [1.29, 1.82) is 0 Å². The third-order valence-electron chi connectivity index (χ3n) is 4.12. The summed E-state index contributed by atoms with van der Waals surface area (Å²) in [5.41, 5.74) is 5.12. The fourth-order valence-electron chi connectivity index (χ4n) is 3.09. The lowest BCUT2D eigenvalue weighted by Gasteiger charge is -2.08. The van der Waals surface area contributed by atoms with Crippen molar-refractivity contribution in [3.05, 3.63) is 78.4 Å². The van der Waals surface area contributed by atoms with Crippen LogP contribution in [0.3, 0.4) is 0 Å². The highest BCUT2D eigenvalue weighted by Crippen LogP contribution is 2.32. The number of para-hydroxylation sites is 2. The smallest absolute Gasteiger partial charge is 0.0540 e. The zero-order valence-corrected chi connectivity index (χ0v) is 12.1. The van der Waals surface area contributed by atoms with Crippen LogP contribution in [0.1, 0.15) is 13.3 Å². The highest BCUT2D eigenvalue weighted by Gasteiger charge is 2.11. The molecule has 1 aromatic heterocycles. The molecule has 1 heterocycles. The molecule has 1 heteroatoms.